The number of sulfone groups is 1. The van der Waals surface area contributed by atoms with E-state index in [9.17, 15) is 13.2 Å². The summed E-state index contributed by atoms with van der Waals surface area (Å²) in [6.07, 6.45) is 4.03. The number of likely N-dealkylation sites (tertiary alicyclic amines) is 1. The maximum absolute atomic E-state index is 11.9. The predicted octanol–water partition coefficient (Wildman–Crippen LogP) is 1.86. The largest absolute Gasteiger partial charge is 0.364 e. The average molecular weight is 429 g/mol. The number of amides is 1. The van der Waals surface area contributed by atoms with Crippen molar-refractivity contribution in [1.82, 2.24) is 24.4 Å². The summed E-state index contributed by atoms with van der Waals surface area (Å²) in [6.45, 7) is 3.25. The highest BCUT2D eigenvalue weighted by molar-refractivity contribution is 7.90. The number of carbonyl (C=O) groups is 1. The Hall–Kier alpha value is -3.01. The molecule has 0 bridgehead atoms. The molecule has 9 nitrogen and oxygen atoms in total. The van der Waals surface area contributed by atoms with Gasteiger partial charge in [0, 0.05) is 44.4 Å². The topological polar surface area (TPSA) is 110 Å². The lowest BCUT2D eigenvalue weighted by atomic mass is 10.2. The fourth-order valence-corrected chi connectivity index (χ4v) is 4.37. The van der Waals surface area contributed by atoms with Gasteiger partial charge < -0.3 is 14.8 Å². The van der Waals surface area contributed by atoms with Crippen LogP contribution in [0.25, 0.3) is 22.6 Å². The van der Waals surface area contributed by atoms with Gasteiger partial charge in [-0.15, -0.1) is 0 Å². The molecule has 30 heavy (non-hydrogen) atoms. The zero-order valence-corrected chi connectivity index (χ0v) is 18.0. The molecule has 1 aromatic carbocycles. The number of carbonyl (C=O) groups excluding carboxylic acids is 1. The summed E-state index contributed by atoms with van der Waals surface area (Å²) in [4.78, 5) is 27.5. The predicted molar refractivity (Wildman–Crippen MR) is 114 cm³/mol. The molecule has 0 radical (unpaired) electrons. The van der Waals surface area contributed by atoms with Gasteiger partial charge in [-0.1, -0.05) is 6.92 Å². The van der Waals surface area contributed by atoms with E-state index in [0.717, 1.165) is 18.5 Å². The molecule has 1 atom stereocenters. The summed E-state index contributed by atoms with van der Waals surface area (Å²) in [7, 11) is -1.39. The first-order chi connectivity index (χ1) is 14.3. The van der Waals surface area contributed by atoms with E-state index in [0.29, 0.717) is 35.8 Å². The molecule has 0 spiro atoms. The second-order valence-corrected chi connectivity index (χ2v) is 9.52. The molecule has 1 amide bonds. The first-order valence-electron chi connectivity index (χ1n) is 9.80. The van der Waals surface area contributed by atoms with E-state index in [1.807, 2.05) is 23.4 Å². The fraction of sp³-hybridized carbons (Fsp3) is 0.400. The standard InChI is InChI=1S/C20H24N6O3S/c1-4-16(27)26-10-9-14(11-26)23-18-17-20(22-12-21-18)25(2)19(24-17)13-5-7-15(8-6-13)30(3,28)29/h5-8,12,14H,4,9-11H2,1-3H3,(H,21,22,23). The van der Waals surface area contributed by atoms with E-state index in [-0.39, 0.29) is 16.8 Å². The smallest absolute Gasteiger partial charge is 0.222 e. The van der Waals surface area contributed by atoms with Crippen molar-refractivity contribution in [3.05, 3.63) is 30.6 Å². The molecule has 1 aliphatic heterocycles. The molecule has 1 unspecified atom stereocenters. The first-order valence-corrected chi connectivity index (χ1v) is 11.7. The molecule has 0 aliphatic carbocycles. The zero-order chi connectivity index (χ0) is 21.5. The summed E-state index contributed by atoms with van der Waals surface area (Å²) < 4.78 is 25.3. The van der Waals surface area contributed by atoms with E-state index >= 15 is 0 Å². The lowest BCUT2D eigenvalue weighted by Crippen LogP contribution is -2.31. The molecule has 158 valence electrons. The highest BCUT2D eigenvalue weighted by atomic mass is 32.2. The van der Waals surface area contributed by atoms with Crippen LogP contribution < -0.4 is 5.32 Å². The lowest BCUT2D eigenvalue weighted by Gasteiger charge is -2.16. The molecule has 1 aliphatic rings. The molecule has 10 heteroatoms. The van der Waals surface area contributed by atoms with Crippen LogP contribution in [0.2, 0.25) is 0 Å². The van der Waals surface area contributed by atoms with Gasteiger partial charge in [-0.25, -0.2) is 23.4 Å². The second-order valence-electron chi connectivity index (χ2n) is 7.51. The van der Waals surface area contributed by atoms with Crippen LogP contribution in [0, 0.1) is 0 Å². The number of hydrogen-bond donors (Lipinski definition) is 1. The molecule has 3 heterocycles. The van der Waals surface area contributed by atoms with E-state index in [2.05, 4.69) is 15.3 Å². The summed E-state index contributed by atoms with van der Waals surface area (Å²) in [5, 5.41) is 3.41. The van der Waals surface area contributed by atoms with Crippen LogP contribution in [0.1, 0.15) is 19.8 Å². The summed E-state index contributed by atoms with van der Waals surface area (Å²) in [5.41, 5.74) is 2.10. The average Bonchev–Trinajstić information content (AvgIpc) is 3.32. The normalized spacial score (nSPS) is 16.9. The van der Waals surface area contributed by atoms with E-state index in [1.165, 1.54) is 12.6 Å². The van der Waals surface area contributed by atoms with Crippen LogP contribution in [-0.2, 0) is 21.7 Å². The molecule has 4 rings (SSSR count). The van der Waals surface area contributed by atoms with Gasteiger partial charge in [0.1, 0.15) is 12.2 Å². The minimum Gasteiger partial charge on any atom is -0.364 e. The molecule has 3 aromatic rings. The molecular weight excluding hydrogens is 404 g/mol. The lowest BCUT2D eigenvalue weighted by molar-refractivity contribution is -0.129. The minimum absolute atomic E-state index is 0.109. The van der Waals surface area contributed by atoms with Crippen LogP contribution in [-0.4, -0.2) is 64.1 Å². The summed E-state index contributed by atoms with van der Waals surface area (Å²) in [6, 6.07) is 6.74. The number of fused-ring (bicyclic) bond motifs is 1. The monoisotopic (exact) mass is 428 g/mol. The van der Waals surface area contributed by atoms with Gasteiger partial charge in [-0.2, -0.15) is 0 Å². The Balaban J connectivity index is 1.64. The van der Waals surface area contributed by atoms with Crippen molar-refractivity contribution >= 4 is 32.7 Å². The molecule has 1 N–H and O–H groups in total. The quantitative estimate of drug-likeness (QED) is 0.660. The van der Waals surface area contributed by atoms with Crippen molar-refractivity contribution in [1.29, 1.82) is 0 Å². The number of anilines is 1. The Morgan fingerprint density at radius 3 is 2.63 bits per heavy atom. The van der Waals surface area contributed by atoms with Gasteiger partial charge in [0.05, 0.1) is 4.90 Å². The van der Waals surface area contributed by atoms with Crippen LogP contribution in [0.3, 0.4) is 0 Å². The number of hydrogen-bond acceptors (Lipinski definition) is 7. The molecule has 1 fully saturated rings. The number of aromatic nitrogens is 4. The van der Waals surface area contributed by atoms with E-state index in [1.54, 1.807) is 24.3 Å². The van der Waals surface area contributed by atoms with Crippen molar-refractivity contribution in [2.45, 2.75) is 30.7 Å². The highest BCUT2D eigenvalue weighted by Gasteiger charge is 2.26. The number of rotatable bonds is 5. The van der Waals surface area contributed by atoms with Crippen LogP contribution in [0.15, 0.2) is 35.5 Å². The Bertz CT molecular complexity index is 1200. The number of nitrogens with zero attached hydrogens (tertiary/aromatic N) is 5. The maximum atomic E-state index is 11.9. The number of nitrogens with one attached hydrogen (secondary N) is 1. The third-order valence-corrected chi connectivity index (χ3v) is 6.51. The van der Waals surface area contributed by atoms with Crippen molar-refractivity contribution in [3.63, 3.8) is 0 Å². The van der Waals surface area contributed by atoms with Gasteiger partial charge in [-0.05, 0) is 30.7 Å². The second kappa shape index (κ2) is 7.67. The molecule has 1 saturated heterocycles. The van der Waals surface area contributed by atoms with Crippen molar-refractivity contribution in [2.24, 2.45) is 7.05 Å². The van der Waals surface area contributed by atoms with E-state index < -0.39 is 9.84 Å². The number of aryl methyl sites for hydroxylation is 1. The van der Waals surface area contributed by atoms with Crippen molar-refractivity contribution < 1.29 is 13.2 Å². The van der Waals surface area contributed by atoms with Gasteiger partial charge in [0.2, 0.25) is 5.91 Å². The van der Waals surface area contributed by atoms with Gasteiger partial charge in [0.15, 0.2) is 26.8 Å². The van der Waals surface area contributed by atoms with Crippen LogP contribution >= 0.6 is 0 Å². The Kier molecular flexibility index (Phi) is 5.19. The maximum Gasteiger partial charge on any atom is 0.222 e. The molecule has 0 saturated carbocycles. The first kappa shape index (κ1) is 20.3. The SMILES string of the molecule is CCC(=O)N1CCC(Nc2ncnc3c2nc(-c2ccc(S(C)(=O)=O)cc2)n3C)C1. The molecule has 2 aromatic heterocycles. The van der Waals surface area contributed by atoms with Crippen molar-refractivity contribution in [3.8, 4) is 11.4 Å². The van der Waals surface area contributed by atoms with Crippen LogP contribution in [0.5, 0.6) is 0 Å². The fourth-order valence-electron chi connectivity index (χ4n) is 3.74. The van der Waals surface area contributed by atoms with Gasteiger partial charge in [0.25, 0.3) is 0 Å². The Morgan fingerprint density at radius 1 is 1.23 bits per heavy atom. The summed E-state index contributed by atoms with van der Waals surface area (Å²) in [5.74, 6) is 1.46. The Morgan fingerprint density at radius 2 is 1.97 bits per heavy atom. The molecular formula is C20H24N6O3S. The van der Waals surface area contributed by atoms with Crippen molar-refractivity contribution in [2.75, 3.05) is 24.7 Å². The van der Waals surface area contributed by atoms with Gasteiger partial charge >= 0.3 is 0 Å². The van der Waals surface area contributed by atoms with Crippen LogP contribution in [0.4, 0.5) is 5.82 Å². The number of imidazole rings is 1. The third-order valence-electron chi connectivity index (χ3n) is 5.38. The summed E-state index contributed by atoms with van der Waals surface area (Å²) >= 11 is 0. The highest BCUT2D eigenvalue weighted by Crippen LogP contribution is 2.27. The zero-order valence-electron chi connectivity index (χ0n) is 17.2. The number of benzene rings is 1. The third kappa shape index (κ3) is 3.74. The Labute approximate surface area is 175 Å². The van der Waals surface area contributed by atoms with E-state index in [4.69, 9.17) is 4.98 Å². The minimum atomic E-state index is -3.26. The van der Waals surface area contributed by atoms with Gasteiger partial charge in [-0.3, -0.25) is 4.79 Å².